The molecule has 0 amide bonds. The van der Waals surface area contributed by atoms with Crippen LogP contribution in [0, 0.1) is 5.92 Å². The molecule has 0 aromatic heterocycles. The van der Waals surface area contributed by atoms with Gasteiger partial charge < -0.3 is 27.9 Å². The van der Waals surface area contributed by atoms with Crippen LogP contribution in [0.3, 0.4) is 0 Å². The zero-order valence-electron chi connectivity index (χ0n) is 34.2. The number of carbonyl (C=O) groups is 2. The molecule has 0 aromatic rings. The molecule has 0 aliphatic rings. The highest BCUT2D eigenvalue weighted by Gasteiger charge is 2.23. The molecule has 0 heterocycles. The van der Waals surface area contributed by atoms with E-state index in [2.05, 4.69) is 13.8 Å². The van der Waals surface area contributed by atoms with Crippen molar-refractivity contribution < 1.29 is 42.1 Å². The van der Waals surface area contributed by atoms with Crippen LogP contribution in [0.25, 0.3) is 0 Å². The van der Waals surface area contributed by atoms with E-state index >= 15 is 0 Å². The average molecular weight is 748 g/mol. The molecule has 1 unspecified atom stereocenters. The monoisotopic (exact) mass is 748 g/mol. The fourth-order valence-corrected chi connectivity index (χ4v) is 6.74. The maximum atomic E-state index is 12.8. The van der Waals surface area contributed by atoms with Crippen LogP contribution in [0.4, 0.5) is 0 Å². The van der Waals surface area contributed by atoms with Gasteiger partial charge in [-0.15, -0.1) is 0 Å². The van der Waals surface area contributed by atoms with Gasteiger partial charge in [-0.2, -0.15) is 0 Å². The fourth-order valence-electron chi connectivity index (χ4n) is 6.01. The van der Waals surface area contributed by atoms with Gasteiger partial charge in [0.2, 0.25) is 0 Å². The molecule has 0 aliphatic carbocycles. The maximum Gasteiger partial charge on any atom is 0.308 e. The van der Waals surface area contributed by atoms with Crippen LogP contribution < -0.4 is 4.89 Å². The molecule has 0 saturated carbocycles. The Hall–Kier alpha value is -0.990. The lowest BCUT2D eigenvalue weighted by molar-refractivity contribution is -0.870. The van der Waals surface area contributed by atoms with Crippen LogP contribution in [-0.4, -0.2) is 70.0 Å². The van der Waals surface area contributed by atoms with Gasteiger partial charge in [0.05, 0.1) is 33.7 Å². The van der Waals surface area contributed by atoms with Gasteiger partial charge in [0.1, 0.15) is 19.8 Å². The van der Waals surface area contributed by atoms with E-state index in [0.29, 0.717) is 17.4 Å². The first-order valence-corrected chi connectivity index (χ1v) is 22.6. The highest BCUT2D eigenvalue weighted by Crippen LogP contribution is 2.38. The van der Waals surface area contributed by atoms with Crippen LogP contribution in [0.15, 0.2) is 0 Å². The van der Waals surface area contributed by atoms with E-state index < -0.39 is 26.5 Å². The summed E-state index contributed by atoms with van der Waals surface area (Å²) in [6.07, 6.45) is 30.8. The molecule has 9 nitrogen and oxygen atoms in total. The number of rotatable bonds is 38. The van der Waals surface area contributed by atoms with Gasteiger partial charge in [-0.25, -0.2) is 0 Å². The van der Waals surface area contributed by atoms with Crippen LogP contribution in [0.2, 0.25) is 0 Å². The van der Waals surface area contributed by atoms with Crippen molar-refractivity contribution in [2.75, 3.05) is 47.5 Å². The summed E-state index contributed by atoms with van der Waals surface area (Å²) in [5.74, 6) is -1.11. The average Bonchev–Trinajstić information content (AvgIpc) is 3.07. The van der Waals surface area contributed by atoms with Crippen LogP contribution in [0.1, 0.15) is 194 Å². The third-order valence-corrected chi connectivity index (χ3v) is 10.5. The topological polar surface area (TPSA) is 111 Å². The molecule has 0 fully saturated rings. The fraction of sp³-hybridized carbons (Fsp3) is 0.951. The SMILES string of the molecule is CCCCCCCCCCCCCCCC(=O)O[C@H](COC(=O)[C@@H](C)CCCCCCCCCCCCCC)COP(=O)([O-])OCC[N+](C)(C)C. The number of unbranched alkanes of at least 4 members (excludes halogenated alkanes) is 23. The van der Waals surface area contributed by atoms with Crippen molar-refractivity contribution in [1.82, 2.24) is 0 Å². The number of phosphoric acid groups is 1. The molecule has 3 atom stereocenters. The Balaban J connectivity index is 4.49. The van der Waals surface area contributed by atoms with E-state index in [0.717, 1.165) is 32.1 Å². The Morgan fingerprint density at radius 1 is 0.608 bits per heavy atom. The highest BCUT2D eigenvalue weighted by molar-refractivity contribution is 7.45. The zero-order chi connectivity index (χ0) is 38.1. The second-order valence-corrected chi connectivity index (χ2v) is 17.3. The minimum Gasteiger partial charge on any atom is -0.756 e. The second kappa shape index (κ2) is 33.6. The lowest BCUT2D eigenvalue weighted by Crippen LogP contribution is -2.37. The number of ether oxygens (including phenoxy) is 2. The first-order chi connectivity index (χ1) is 24.4. The molecular weight excluding hydrogens is 665 g/mol. The summed E-state index contributed by atoms with van der Waals surface area (Å²) < 4.78 is 34.1. The summed E-state index contributed by atoms with van der Waals surface area (Å²) in [4.78, 5) is 37.8. The summed E-state index contributed by atoms with van der Waals surface area (Å²) in [6.45, 7) is 6.07. The van der Waals surface area contributed by atoms with Crippen LogP contribution in [0.5, 0.6) is 0 Å². The van der Waals surface area contributed by atoms with Crippen molar-refractivity contribution in [2.24, 2.45) is 5.92 Å². The molecule has 0 radical (unpaired) electrons. The molecule has 0 aliphatic heterocycles. The first kappa shape index (κ1) is 50.0. The predicted molar refractivity (Wildman–Crippen MR) is 208 cm³/mol. The van der Waals surface area contributed by atoms with Crippen molar-refractivity contribution in [3.05, 3.63) is 0 Å². The predicted octanol–water partition coefficient (Wildman–Crippen LogP) is 10.9. The van der Waals surface area contributed by atoms with Crippen molar-refractivity contribution in [3.8, 4) is 0 Å². The highest BCUT2D eigenvalue weighted by atomic mass is 31.2. The molecule has 0 spiro atoms. The Labute approximate surface area is 314 Å². The Kier molecular flexibility index (Phi) is 32.9. The van der Waals surface area contributed by atoms with E-state index in [1.807, 2.05) is 28.1 Å². The molecular formula is C41H82NO8P. The Morgan fingerprint density at radius 3 is 1.45 bits per heavy atom. The van der Waals surface area contributed by atoms with Crippen molar-refractivity contribution in [2.45, 2.75) is 200 Å². The van der Waals surface area contributed by atoms with Crippen molar-refractivity contribution in [1.29, 1.82) is 0 Å². The zero-order valence-corrected chi connectivity index (χ0v) is 35.1. The lowest BCUT2D eigenvalue weighted by Gasteiger charge is -2.28. The molecule has 51 heavy (non-hydrogen) atoms. The van der Waals surface area contributed by atoms with Gasteiger partial charge in [0, 0.05) is 6.42 Å². The maximum absolute atomic E-state index is 12.8. The lowest BCUT2D eigenvalue weighted by atomic mass is 10.0. The summed E-state index contributed by atoms with van der Waals surface area (Å²) in [5.41, 5.74) is 0. The summed E-state index contributed by atoms with van der Waals surface area (Å²) in [5, 5.41) is 0. The number of esters is 2. The summed E-state index contributed by atoms with van der Waals surface area (Å²) in [7, 11) is 1.17. The van der Waals surface area contributed by atoms with E-state index in [9.17, 15) is 19.0 Å². The molecule has 0 aromatic carbocycles. The molecule has 304 valence electrons. The van der Waals surface area contributed by atoms with Gasteiger partial charge in [0.25, 0.3) is 7.82 Å². The van der Waals surface area contributed by atoms with Crippen LogP contribution in [-0.2, 0) is 32.7 Å². The molecule has 10 heteroatoms. The van der Waals surface area contributed by atoms with Crippen LogP contribution >= 0.6 is 7.82 Å². The van der Waals surface area contributed by atoms with Gasteiger partial charge in [-0.05, 0) is 12.8 Å². The number of hydrogen-bond acceptors (Lipinski definition) is 8. The quantitative estimate of drug-likeness (QED) is 0.0266. The number of carbonyl (C=O) groups excluding carboxylic acids is 2. The number of likely N-dealkylation sites (N-methyl/N-ethyl adjacent to an activating group) is 1. The molecule has 0 saturated heterocycles. The summed E-state index contributed by atoms with van der Waals surface area (Å²) >= 11 is 0. The van der Waals surface area contributed by atoms with Gasteiger partial charge >= 0.3 is 11.9 Å². The second-order valence-electron chi connectivity index (χ2n) is 15.9. The Bertz CT molecular complexity index is 865. The minimum absolute atomic E-state index is 0.0284. The standard InChI is InChI=1S/C41H82NO8P/c1-7-9-11-13-15-17-19-21-23-25-27-29-31-33-40(43)50-39(37-49-51(45,46)48-35-34-42(4,5)6)36-47-41(44)38(3)32-30-28-26-24-22-20-18-16-14-12-10-8-2/h38-39H,7-37H2,1-6H3/t38-,39+/m0/s1. The van der Waals surface area contributed by atoms with E-state index in [-0.39, 0.29) is 31.5 Å². The summed E-state index contributed by atoms with van der Waals surface area (Å²) in [6, 6.07) is 0. The molecule has 0 N–H and O–H groups in total. The normalized spacial score (nSPS) is 14.3. The molecule has 0 rings (SSSR count). The van der Waals surface area contributed by atoms with Gasteiger partial charge in [-0.3, -0.25) is 14.2 Å². The Morgan fingerprint density at radius 2 is 1.02 bits per heavy atom. The largest absolute Gasteiger partial charge is 0.756 e. The van der Waals surface area contributed by atoms with E-state index in [1.54, 1.807) is 0 Å². The first-order valence-electron chi connectivity index (χ1n) is 21.2. The third-order valence-electron chi connectivity index (χ3n) is 9.52. The number of quaternary nitrogens is 1. The smallest absolute Gasteiger partial charge is 0.308 e. The van der Waals surface area contributed by atoms with E-state index in [1.165, 1.54) is 128 Å². The van der Waals surface area contributed by atoms with E-state index in [4.69, 9.17) is 18.5 Å². The van der Waals surface area contributed by atoms with Gasteiger partial charge in [0.15, 0.2) is 6.10 Å². The van der Waals surface area contributed by atoms with Crippen molar-refractivity contribution in [3.63, 3.8) is 0 Å². The third kappa shape index (κ3) is 35.8. The van der Waals surface area contributed by atoms with Gasteiger partial charge in [-0.1, -0.05) is 175 Å². The minimum atomic E-state index is -4.62. The number of hydrogen-bond donors (Lipinski definition) is 0. The number of nitrogens with zero attached hydrogens (tertiary/aromatic N) is 1. The number of phosphoric ester groups is 1. The van der Waals surface area contributed by atoms with Crippen molar-refractivity contribution >= 4 is 19.8 Å². The molecule has 0 bridgehead atoms.